The van der Waals surface area contributed by atoms with Gasteiger partial charge in [0.15, 0.2) is 9.84 Å². The van der Waals surface area contributed by atoms with E-state index in [1.807, 2.05) is 76.2 Å². The van der Waals surface area contributed by atoms with E-state index in [0.29, 0.717) is 22.9 Å². The number of carbonyl (C=O) groups is 4. The lowest BCUT2D eigenvalue weighted by molar-refractivity contribution is 0.102. The molecule has 0 bridgehead atoms. The van der Waals surface area contributed by atoms with Gasteiger partial charge in [-0.15, -0.1) is 0 Å². The Labute approximate surface area is 740 Å². The van der Waals surface area contributed by atoms with Crippen LogP contribution >= 0.6 is 46.4 Å². The first-order valence-electron chi connectivity index (χ1n) is 37.3. The van der Waals surface area contributed by atoms with E-state index >= 15 is 0 Å². The maximum atomic E-state index is 13.5. The summed E-state index contributed by atoms with van der Waals surface area (Å²) in [6.45, 7) is 23.7. The van der Waals surface area contributed by atoms with Crippen molar-refractivity contribution in [2.45, 2.75) is 130 Å². The van der Waals surface area contributed by atoms with Gasteiger partial charge in [-0.25, -0.2) is 71.4 Å². The van der Waals surface area contributed by atoms with E-state index in [0.717, 1.165) is 29.0 Å². The Morgan fingerprint density at radius 3 is 1.03 bits per heavy atom. The third kappa shape index (κ3) is 25.6. The van der Waals surface area contributed by atoms with Gasteiger partial charge in [-0.3, -0.25) is 43.1 Å². The van der Waals surface area contributed by atoms with Crippen LogP contribution in [0.25, 0.3) is 0 Å². The summed E-state index contributed by atoms with van der Waals surface area (Å²) in [4.78, 5) is 76.1. The largest absolute Gasteiger partial charge is 0.491 e. The molecule has 12 aromatic rings. The summed E-state index contributed by atoms with van der Waals surface area (Å²) in [7, 11) is -18.1. The van der Waals surface area contributed by atoms with Crippen LogP contribution in [0.5, 0.6) is 11.6 Å². The minimum atomic E-state index is -4.06. The number of methoxy groups -OCH3 is 1. The Hall–Kier alpha value is -11.5. The van der Waals surface area contributed by atoms with E-state index in [1.165, 1.54) is 165 Å². The van der Waals surface area contributed by atoms with Gasteiger partial charge in [-0.05, 0) is 181 Å². The third-order valence-corrected chi connectivity index (χ3v) is 25.4. The van der Waals surface area contributed by atoms with E-state index in [2.05, 4.69) is 48.8 Å². The van der Waals surface area contributed by atoms with Crippen LogP contribution in [0.1, 0.15) is 163 Å². The minimum Gasteiger partial charge on any atom is -0.491 e. The van der Waals surface area contributed by atoms with Crippen molar-refractivity contribution in [3.05, 3.63) is 325 Å². The fraction of sp³-hybridized carbons (Fsp3) is 0.205. The highest BCUT2D eigenvalue weighted by molar-refractivity contribution is 7.93. The van der Waals surface area contributed by atoms with E-state index in [4.69, 9.17) is 55.9 Å². The Kier molecular flexibility index (Phi) is 30.8. The van der Waals surface area contributed by atoms with Crippen molar-refractivity contribution in [2.24, 2.45) is 0 Å². The molecule has 6 aromatic heterocycles. The molecule has 0 atom stereocenters. The number of nitrogens with zero attached hydrogens (tertiary/aromatic N) is 6. The Bertz CT molecular complexity index is 6610. The molecule has 0 unspecified atom stereocenters. The molecule has 0 saturated carbocycles. The van der Waals surface area contributed by atoms with Crippen molar-refractivity contribution < 1.29 is 75.1 Å². The zero-order valence-electron chi connectivity index (χ0n) is 69.2. The van der Waals surface area contributed by atoms with Gasteiger partial charge in [-0.2, -0.15) is 0 Å². The average Bonchev–Trinajstić information content (AvgIpc) is 0.811. The number of hydrogen-bond donors (Lipinski definition) is 4. The molecule has 4 N–H and O–H groups in total. The number of nitrogens with one attached hydrogen (secondary N) is 4. The van der Waals surface area contributed by atoms with Gasteiger partial charge in [0.1, 0.15) is 34.3 Å². The number of carbonyl (C=O) groups excluding carboxylic acids is 4. The van der Waals surface area contributed by atoms with Gasteiger partial charge in [0.05, 0.1) is 80.5 Å². The number of hydrogen-bond acceptors (Lipinski definition) is 22. The number of halogens is 5. The summed E-state index contributed by atoms with van der Waals surface area (Å²) in [5.74, 6) is -1.96. The molecule has 0 radical (unpaired) electrons. The SMILES string of the molecule is CC(C)(C)c1ccc(S(=O)(=O)Nc2cc(Cl)cnc2C(=O)c2cccc(F)c2)cc1.CC(C)(C)c1ccc(S(=O)(=O)Nc2cc(Cl)cnc2C(=O)c2cccc(S(C)(=O)=O)c2)cc1.COc1ccc(C(=O)c2ncc(Cl)cc2NS(=O)(=O)c2ccc(OC(C)C)cc2)cn1.Cc1ncccc1C(=O)c1ncc(Cl)cc1NS(=O)(=O)c1ccc(C(C)(C)C)cc1. The van der Waals surface area contributed by atoms with Crippen LogP contribution in [-0.4, -0.2) is 115 Å². The lowest BCUT2D eigenvalue weighted by atomic mass is 9.87. The van der Waals surface area contributed by atoms with Crippen molar-refractivity contribution in [3.63, 3.8) is 0 Å². The second-order valence-corrected chi connectivity index (χ2v) is 41.4. The van der Waals surface area contributed by atoms with Crippen LogP contribution in [0.2, 0.25) is 20.1 Å². The number of sulfone groups is 1. The average molecular weight is 1860 g/mol. The highest BCUT2D eigenvalue weighted by Gasteiger charge is 2.30. The molecule has 124 heavy (non-hydrogen) atoms. The quantitative estimate of drug-likeness (QED) is 0.0408. The summed E-state index contributed by atoms with van der Waals surface area (Å²) in [6, 6.07) is 47.5. The van der Waals surface area contributed by atoms with Gasteiger partial charge < -0.3 is 9.47 Å². The molecule has 12 rings (SSSR count). The topological polar surface area (TPSA) is 383 Å². The lowest BCUT2D eigenvalue weighted by Crippen LogP contribution is -2.18. The Morgan fingerprint density at radius 2 is 0.718 bits per heavy atom. The maximum absolute atomic E-state index is 13.5. The maximum Gasteiger partial charge on any atom is 0.261 e. The second-order valence-electron chi connectivity index (χ2n) is 30.9. The summed E-state index contributed by atoms with van der Waals surface area (Å²) in [5.41, 5.74) is 2.94. The van der Waals surface area contributed by atoms with Crippen LogP contribution in [0.15, 0.2) is 256 Å². The van der Waals surface area contributed by atoms with Gasteiger partial charge in [-0.1, -0.05) is 169 Å². The number of aromatic nitrogens is 6. The number of pyridine rings is 6. The van der Waals surface area contributed by atoms with E-state index in [1.54, 1.807) is 73.8 Å². The molecule has 6 heterocycles. The normalized spacial score (nSPS) is 11.9. The molecule has 0 spiro atoms. The molecule has 0 aliphatic carbocycles. The molecule has 36 heteroatoms. The molecule has 6 aromatic carbocycles. The van der Waals surface area contributed by atoms with Gasteiger partial charge in [0.25, 0.3) is 40.1 Å². The van der Waals surface area contributed by atoms with Gasteiger partial charge >= 0.3 is 0 Å². The highest BCUT2D eigenvalue weighted by atomic mass is 35.5. The molecular formula is C88H85Cl4FN10O16S5. The molecule has 26 nitrogen and oxygen atoms in total. The number of ether oxygens (including phenoxy) is 2. The lowest BCUT2D eigenvalue weighted by Gasteiger charge is -2.19. The molecular weight excluding hydrogens is 1770 g/mol. The zero-order valence-corrected chi connectivity index (χ0v) is 76.3. The summed E-state index contributed by atoms with van der Waals surface area (Å²) >= 11 is 24.0. The minimum absolute atomic E-state index is 0.00639. The highest BCUT2D eigenvalue weighted by Crippen LogP contribution is 2.34. The first-order chi connectivity index (χ1) is 57.8. The third-order valence-electron chi connectivity index (χ3n) is 17.9. The molecule has 0 aliphatic rings. The second kappa shape index (κ2) is 39.6. The predicted octanol–water partition coefficient (Wildman–Crippen LogP) is 18.4. The van der Waals surface area contributed by atoms with Gasteiger partial charge in [0.2, 0.25) is 29.0 Å². The molecule has 0 saturated heterocycles. The molecule has 0 fully saturated rings. The number of anilines is 4. The Morgan fingerprint density at radius 1 is 0.379 bits per heavy atom. The van der Waals surface area contributed by atoms with Crippen LogP contribution in [0.4, 0.5) is 27.1 Å². The summed E-state index contributed by atoms with van der Waals surface area (Å²) in [6.07, 6.45) is 8.89. The summed E-state index contributed by atoms with van der Waals surface area (Å²) in [5, 5.41) is 0.641. The van der Waals surface area contributed by atoms with Crippen LogP contribution in [0, 0.1) is 12.7 Å². The fourth-order valence-corrected chi connectivity index (χ4v) is 16.9. The first-order valence-corrected chi connectivity index (χ1v) is 46.7. The fourth-order valence-electron chi connectivity index (χ4n) is 11.4. The van der Waals surface area contributed by atoms with Crippen LogP contribution in [0.3, 0.4) is 0 Å². The van der Waals surface area contributed by atoms with Crippen LogP contribution in [-0.2, 0) is 66.2 Å². The van der Waals surface area contributed by atoms with E-state index in [9.17, 15) is 65.7 Å². The van der Waals surface area contributed by atoms with Gasteiger partial charge in [0, 0.05) is 77.5 Å². The number of aryl methyl sites for hydroxylation is 1. The molecule has 648 valence electrons. The smallest absolute Gasteiger partial charge is 0.261 e. The van der Waals surface area contributed by atoms with Crippen molar-refractivity contribution in [1.29, 1.82) is 0 Å². The monoisotopic (exact) mass is 1860 g/mol. The van der Waals surface area contributed by atoms with Crippen molar-refractivity contribution in [2.75, 3.05) is 32.3 Å². The number of ketones is 4. The van der Waals surface area contributed by atoms with Crippen molar-refractivity contribution in [3.8, 4) is 11.6 Å². The number of rotatable bonds is 24. The predicted molar refractivity (Wildman–Crippen MR) is 477 cm³/mol. The zero-order chi connectivity index (χ0) is 91.4. The standard InChI is InChI=1S/C23H23ClN2O5S2.C22H20ClFN2O3S.C22H22ClN3O3S.C21H20ClN3O5S/c1-23(2,3)16-8-10-18(11-9-16)33(30,31)26-20-13-17(24)14-25-21(20)22(27)15-6-5-7-19(12-15)32(4,28)29;1-22(2,3)15-7-9-18(10-8-15)30(28,29)26-19-12-16(23)13-25-20(19)21(27)14-5-4-6-17(24)11-14;1-14-18(6-5-11-24-14)21(27)20-19(12-16(23)13-25-20)26-30(28,29)17-9-7-15(8-10-17)22(2,3)4;1-13(2)30-16-5-7-17(8-6-16)31(27,28)25-18-10-15(22)12-24-20(18)21(26)14-4-9-19(29-3)23-11-14/h5-14,26H,1-4H3;4-13,26H,1-3H3;5-13,26H,1-4H3;4-13,25H,1-3H3. The molecule has 0 aliphatic heterocycles. The van der Waals surface area contributed by atoms with Crippen LogP contribution < -0.4 is 28.4 Å². The van der Waals surface area contributed by atoms with Crippen molar-refractivity contribution in [1.82, 2.24) is 29.9 Å². The number of sulfonamides is 4. The Balaban J connectivity index is 0.000000187. The molecule has 0 amide bonds. The first kappa shape index (κ1) is 96.4. The van der Waals surface area contributed by atoms with E-state index in [-0.39, 0.29) is 129 Å². The van der Waals surface area contributed by atoms with Crippen molar-refractivity contribution >= 4 is 142 Å². The summed E-state index contributed by atoms with van der Waals surface area (Å²) < 4.78 is 161. The number of benzene rings is 6. The van der Waals surface area contributed by atoms with E-state index < -0.39 is 78.9 Å².